The summed E-state index contributed by atoms with van der Waals surface area (Å²) in [5.41, 5.74) is 0.898. The Labute approximate surface area is 305 Å². The molecule has 1 unspecified atom stereocenters. The number of pyridine rings is 1. The van der Waals surface area contributed by atoms with Gasteiger partial charge in [0.1, 0.15) is 17.3 Å². The second-order valence-corrected chi connectivity index (χ2v) is 14.3. The standard InChI is InChI=1S/C37H39F6N7O4/c1-48-20-28(27-18-44-47-33(27)35(48)53)22-2-3-23(31(16-22)54-37(41,42)43)19-49-12-10-25(11-13-49)50-14-8-21(9-15-50)26-5-4-24(17-29(26)36(38,39)40)45-30-6-7-32(51)46-34(30)52/h2-5,16-18,20-21,25,30,45H,6-15,19H2,1H3,(H,44,47)(H,46,51,52). The smallest absolute Gasteiger partial charge is 0.405 e. The number of aromatic amines is 1. The molecule has 3 aliphatic heterocycles. The summed E-state index contributed by atoms with van der Waals surface area (Å²) in [6, 6.07) is 8.12. The molecule has 11 nitrogen and oxygen atoms in total. The van der Waals surface area contributed by atoms with Crippen LogP contribution in [0.3, 0.4) is 0 Å². The first kappa shape index (κ1) is 37.4. The van der Waals surface area contributed by atoms with Gasteiger partial charge in [0.2, 0.25) is 11.8 Å². The lowest BCUT2D eigenvalue weighted by molar-refractivity contribution is -0.275. The number of amides is 2. The number of anilines is 1. The van der Waals surface area contributed by atoms with E-state index >= 15 is 0 Å². The van der Waals surface area contributed by atoms with Crippen molar-refractivity contribution >= 4 is 28.4 Å². The average Bonchev–Trinajstić information content (AvgIpc) is 3.62. The summed E-state index contributed by atoms with van der Waals surface area (Å²) in [5, 5.41) is 12.1. The van der Waals surface area contributed by atoms with Gasteiger partial charge in [-0.15, -0.1) is 13.2 Å². The fourth-order valence-corrected chi connectivity index (χ4v) is 7.99. The summed E-state index contributed by atoms with van der Waals surface area (Å²) in [6.45, 7) is 2.69. The molecule has 288 valence electrons. The maximum Gasteiger partial charge on any atom is 0.573 e. The number of likely N-dealkylation sites (tertiary alicyclic amines) is 2. The molecule has 0 spiro atoms. The molecule has 0 bridgehead atoms. The van der Waals surface area contributed by atoms with Gasteiger partial charge in [-0.05, 0) is 93.5 Å². The number of carbonyl (C=O) groups is 2. The predicted molar refractivity (Wildman–Crippen MR) is 187 cm³/mol. The third kappa shape index (κ3) is 8.11. The van der Waals surface area contributed by atoms with Gasteiger partial charge in [-0.2, -0.15) is 18.3 Å². The minimum atomic E-state index is -4.92. The Morgan fingerprint density at radius 3 is 2.35 bits per heavy atom. The van der Waals surface area contributed by atoms with Crippen LogP contribution in [0.25, 0.3) is 22.0 Å². The van der Waals surface area contributed by atoms with Crippen molar-refractivity contribution in [2.75, 3.05) is 31.5 Å². The van der Waals surface area contributed by atoms with Gasteiger partial charge in [-0.1, -0.05) is 18.2 Å². The number of nitrogens with zero attached hydrogens (tertiary/aromatic N) is 4. The summed E-state index contributed by atoms with van der Waals surface area (Å²) >= 11 is 0. The van der Waals surface area contributed by atoms with E-state index in [4.69, 9.17) is 0 Å². The Bertz CT molecular complexity index is 2100. The summed E-state index contributed by atoms with van der Waals surface area (Å²) in [4.78, 5) is 40.5. The van der Waals surface area contributed by atoms with Crippen molar-refractivity contribution < 1.29 is 40.7 Å². The Kier molecular flexibility index (Phi) is 10.2. The molecular formula is C37H39F6N7O4. The van der Waals surface area contributed by atoms with E-state index in [9.17, 15) is 40.7 Å². The topological polar surface area (TPSA) is 125 Å². The van der Waals surface area contributed by atoms with Crippen LogP contribution in [0.2, 0.25) is 0 Å². The maximum absolute atomic E-state index is 14.3. The van der Waals surface area contributed by atoms with E-state index in [2.05, 4.69) is 35.4 Å². The maximum atomic E-state index is 14.3. The van der Waals surface area contributed by atoms with Crippen LogP contribution < -0.4 is 20.9 Å². The molecule has 7 rings (SSSR count). The quantitative estimate of drug-likeness (QED) is 0.150. The summed E-state index contributed by atoms with van der Waals surface area (Å²) < 4.78 is 89.4. The lowest BCUT2D eigenvalue weighted by Crippen LogP contribution is -2.47. The lowest BCUT2D eigenvalue weighted by Gasteiger charge is -2.42. The van der Waals surface area contributed by atoms with Crippen LogP contribution in [-0.2, 0) is 29.4 Å². The number of nitrogens with one attached hydrogen (secondary N) is 3. The highest BCUT2D eigenvalue weighted by Gasteiger charge is 2.38. The van der Waals surface area contributed by atoms with Gasteiger partial charge >= 0.3 is 12.5 Å². The predicted octanol–water partition coefficient (Wildman–Crippen LogP) is 5.91. The Morgan fingerprint density at radius 2 is 1.67 bits per heavy atom. The Morgan fingerprint density at radius 1 is 0.926 bits per heavy atom. The molecular weight excluding hydrogens is 720 g/mol. The molecule has 3 saturated heterocycles. The number of rotatable bonds is 8. The van der Waals surface area contributed by atoms with Crippen LogP contribution in [0.5, 0.6) is 5.75 Å². The molecule has 0 radical (unpaired) electrons. The van der Waals surface area contributed by atoms with Crippen molar-refractivity contribution in [2.45, 2.75) is 75.6 Å². The molecule has 3 aliphatic rings. The fraction of sp³-hybridized carbons (Fsp3) is 0.459. The van der Waals surface area contributed by atoms with Crippen LogP contribution >= 0.6 is 0 Å². The van der Waals surface area contributed by atoms with Crippen molar-refractivity contribution in [3.63, 3.8) is 0 Å². The van der Waals surface area contributed by atoms with E-state index in [1.807, 2.05) is 0 Å². The molecule has 3 N–H and O–H groups in total. The largest absolute Gasteiger partial charge is 0.573 e. The summed E-state index contributed by atoms with van der Waals surface area (Å²) in [6.07, 6.45) is -3.63. The number of benzene rings is 2. The van der Waals surface area contributed by atoms with Crippen molar-refractivity contribution in [1.82, 2.24) is 29.9 Å². The molecule has 0 aliphatic carbocycles. The summed E-state index contributed by atoms with van der Waals surface area (Å²) in [7, 11) is 1.55. The number of hydrogen-bond acceptors (Lipinski definition) is 8. The van der Waals surface area contributed by atoms with Gasteiger partial charge in [0.05, 0.1) is 11.8 Å². The first-order valence-corrected chi connectivity index (χ1v) is 17.8. The Hall–Kier alpha value is -4.90. The zero-order valence-corrected chi connectivity index (χ0v) is 29.3. The minimum absolute atomic E-state index is 0.105. The molecule has 1 atom stereocenters. The minimum Gasteiger partial charge on any atom is -0.405 e. The van der Waals surface area contributed by atoms with Gasteiger partial charge in [0.15, 0.2) is 0 Å². The van der Waals surface area contributed by atoms with Crippen LogP contribution in [0.15, 0.2) is 53.6 Å². The number of alkyl halides is 6. The number of hydrogen-bond donors (Lipinski definition) is 3. The molecule has 54 heavy (non-hydrogen) atoms. The molecule has 17 heteroatoms. The number of fused-ring (bicyclic) bond motifs is 1. The number of aryl methyl sites for hydroxylation is 1. The van der Waals surface area contributed by atoms with Crippen molar-refractivity contribution in [3.05, 3.63) is 75.8 Å². The van der Waals surface area contributed by atoms with Gasteiger partial charge in [0, 0.05) is 54.5 Å². The van der Waals surface area contributed by atoms with Gasteiger partial charge in [-0.3, -0.25) is 29.7 Å². The zero-order chi connectivity index (χ0) is 38.4. The van der Waals surface area contributed by atoms with Crippen LogP contribution in [0.4, 0.5) is 32.0 Å². The third-order valence-corrected chi connectivity index (χ3v) is 10.8. The monoisotopic (exact) mass is 759 g/mol. The van der Waals surface area contributed by atoms with Crippen LogP contribution in [-0.4, -0.2) is 81.0 Å². The normalized spacial score (nSPS) is 20.0. The number of aromatic nitrogens is 3. The van der Waals surface area contributed by atoms with Gasteiger partial charge < -0.3 is 19.5 Å². The first-order chi connectivity index (χ1) is 25.6. The number of piperidine rings is 3. The first-order valence-electron chi connectivity index (χ1n) is 17.8. The van der Waals surface area contributed by atoms with E-state index in [-0.39, 0.29) is 59.4 Å². The SMILES string of the molecule is Cn1cc(-c2ccc(CN3CCC(N4CCC(c5ccc(NC6CCC(=O)NC6=O)cc5C(F)(F)F)CC4)CC3)c(OC(F)(F)F)c2)c2cn[nH]c2c1=O. The van der Waals surface area contributed by atoms with Crippen molar-refractivity contribution in [1.29, 1.82) is 0 Å². The zero-order valence-electron chi connectivity index (χ0n) is 29.3. The van der Waals surface area contributed by atoms with Gasteiger partial charge in [0.25, 0.3) is 5.56 Å². The molecule has 4 aromatic rings. The summed E-state index contributed by atoms with van der Waals surface area (Å²) in [5.74, 6) is -1.60. The molecule has 0 saturated carbocycles. The lowest BCUT2D eigenvalue weighted by atomic mass is 9.85. The van der Waals surface area contributed by atoms with Crippen molar-refractivity contribution in [2.24, 2.45) is 7.05 Å². The molecule has 5 heterocycles. The number of halogens is 6. The van der Waals surface area contributed by atoms with E-state index in [1.54, 1.807) is 31.4 Å². The molecule has 2 aromatic carbocycles. The van der Waals surface area contributed by atoms with E-state index in [1.165, 1.54) is 22.9 Å². The van der Waals surface area contributed by atoms with E-state index < -0.39 is 36.0 Å². The Balaban J connectivity index is 0.977. The highest BCUT2D eigenvalue weighted by atomic mass is 19.4. The molecule has 3 fully saturated rings. The third-order valence-electron chi connectivity index (χ3n) is 10.8. The average molecular weight is 760 g/mol. The van der Waals surface area contributed by atoms with E-state index in [0.29, 0.717) is 61.1 Å². The number of H-pyrrole nitrogens is 1. The number of imide groups is 1. The fourth-order valence-electron chi connectivity index (χ4n) is 7.99. The van der Waals surface area contributed by atoms with Crippen LogP contribution in [0, 0.1) is 0 Å². The molecule has 2 aromatic heterocycles. The number of ether oxygens (including phenoxy) is 1. The van der Waals surface area contributed by atoms with E-state index in [0.717, 1.165) is 18.9 Å². The molecule has 2 amide bonds. The van der Waals surface area contributed by atoms with Crippen LogP contribution in [0.1, 0.15) is 61.1 Å². The van der Waals surface area contributed by atoms with Crippen molar-refractivity contribution in [3.8, 4) is 16.9 Å². The second-order valence-electron chi connectivity index (χ2n) is 14.3. The highest BCUT2D eigenvalue weighted by molar-refractivity contribution is 6.01. The highest BCUT2D eigenvalue weighted by Crippen LogP contribution is 2.41. The van der Waals surface area contributed by atoms with Gasteiger partial charge in [-0.25, -0.2) is 0 Å². The number of carbonyl (C=O) groups excluding carboxylic acids is 2. The second kappa shape index (κ2) is 14.7.